The second kappa shape index (κ2) is 8.53. The van der Waals surface area contributed by atoms with Crippen LogP contribution in [-0.2, 0) is 4.79 Å². The maximum absolute atomic E-state index is 12.4. The highest BCUT2D eigenvalue weighted by atomic mass is 16.5. The van der Waals surface area contributed by atoms with Crippen molar-refractivity contribution in [2.75, 3.05) is 12.0 Å². The predicted molar refractivity (Wildman–Crippen MR) is 102 cm³/mol. The first-order chi connectivity index (χ1) is 13.1. The molecule has 0 aliphatic heterocycles. The Labute approximate surface area is 156 Å². The molecule has 27 heavy (non-hydrogen) atoms. The Morgan fingerprint density at radius 3 is 2.22 bits per heavy atom. The van der Waals surface area contributed by atoms with E-state index in [9.17, 15) is 14.7 Å². The van der Waals surface area contributed by atoms with Crippen molar-refractivity contribution < 1.29 is 19.4 Å². The Morgan fingerprint density at radius 2 is 1.56 bits per heavy atom. The van der Waals surface area contributed by atoms with Gasteiger partial charge >= 0.3 is 0 Å². The molecule has 0 radical (unpaired) electrons. The number of phenols is 1. The summed E-state index contributed by atoms with van der Waals surface area (Å²) in [6.45, 7) is -0.245. The molecular formula is C21H18N2O4. The molecule has 0 spiro atoms. The summed E-state index contributed by atoms with van der Waals surface area (Å²) in [7, 11) is 0. The van der Waals surface area contributed by atoms with Gasteiger partial charge in [-0.05, 0) is 24.3 Å². The van der Waals surface area contributed by atoms with Gasteiger partial charge < -0.3 is 9.84 Å². The quantitative estimate of drug-likeness (QED) is 0.444. The zero-order valence-corrected chi connectivity index (χ0v) is 14.4. The number of nitrogens with one attached hydrogen (secondary N) is 2. The lowest BCUT2D eigenvalue weighted by Crippen LogP contribution is -2.33. The molecule has 0 saturated heterocycles. The van der Waals surface area contributed by atoms with Gasteiger partial charge in [-0.2, -0.15) is 0 Å². The van der Waals surface area contributed by atoms with E-state index in [4.69, 9.17) is 4.74 Å². The summed E-state index contributed by atoms with van der Waals surface area (Å²) in [4.78, 5) is 24.2. The number of rotatable bonds is 7. The number of benzene rings is 3. The molecule has 6 heteroatoms. The van der Waals surface area contributed by atoms with Gasteiger partial charge in [0.25, 0.3) is 5.91 Å². The van der Waals surface area contributed by atoms with Crippen molar-refractivity contribution in [3.8, 4) is 11.5 Å². The summed E-state index contributed by atoms with van der Waals surface area (Å²) in [6, 6.07) is 22.2. The highest BCUT2D eigenvalue weighted by Gasteiger charge is 2.14. The smallest absolute Gasteiger partial charge is 0.276 e. The number of phenolic OH excluding ortho intramolecular Hbond substituents is 1. The van der Waals surface area contributed by atoms with Crippen molar-refractivity contribution in [3.05, 3.63) is 90.0 Å². The summed E-state index contributed by atoms with van der Waals surface area (Å²) < 4.78 is 5.35. The van der Waals surface area contributed by atoms with Gasteiger partial charge in [-0.3, -0.25) is 20.4 Å². The number of hydrogen-bond acceptors (Lipinski definition) is 5. The van der Waals surface area contributed by atoms with E-state index in [2.05, 4.69) is 10.9 Å². The van der Waals surface area contributed by atoms with Gasteiger partial charge in [0.05, 0.1) is 11.3 Å². The van der Waals surface area contributed by atoms with Crippen LogP contribution in [0.5, 0.6) is 11.5 Å². The summed E-state index contributed by atoms with van der Waals surface area (Å²) in [5.41, 5.74) is 6.66. The van der Waals surface area contributed by atoms with Crippen LogP contribution in [0.25, 0.3) is 0 Å². The summed E-state index contributed by atoms with van der Waals surface area (Å²) in [5, 5.41) is 10.1. The zero-order valence-electron chi connectivity index (χ0n) is 14.4. The van der Waals surface area contributed by atoms with E-state index in [0.717, 1.165) is 5.69 Å². The van der Waals surface area contributed by atoms with Gasteiger partial charge in [-0.1, -0.05) is 48.5 Å². The van der Waals surface area contributed by atoms with E-state index in [1.807, 2.05) is 36.4 Å². The minimum absolute atomic E-state index is 0.170. The Bertz CT molecular complexity index is 927. The van der Waals surface area contributed by atoms with Gasteiger partial charge in [-0.25, -0.2) is 0 Å². The lowest BCUT2D eigenvalue weighted by molar-refractivity contribution is -0.122. The molecule has 3 aromatic rings. The van der Waals surface area contributed by atoms with Gasteiger partial charge in [0.1, 0.15) is 11.5 Å². The molecule has 0 aromatic heterocycles. The van der Waals surface area contributed by atoms with E-state index < -0.39 is 0 Å². The van der Waals surface area contributed by atoms with Gasteiger partial charge in [0, 0.05) is 11.6 Å². The van der Waals surface area contributed by atoms with Crippen LogP contribution in [0.1, 0.15) is 15.9 Å². The second-order valence-corrected chi connectivity index (χ2v) is 5.70. The van der Waals surface area contributed by atoms with Crippen molar-refractivity contribution in [1.82, 2.24) is 5.43 Å². The number of hydrogen-bond donors (Lipinski definition) is 3. The molecule has 0 saturated carbocycles. The molecule has 3 rings (SSSR count). The topological polar surface area (TPSA) is 87.7 Å². The number of carbonyl (C=O) groups excluding carboxylic acids is 2. The molecular weight excluding hydrogens is 344 g/mol. The van der Waals surface area contributed by atoms with Crippen molar-refractivity contribution in [3.63, 3.8) is 0 Å². The molecule has 0 atom stereocenters. The minimum Gasteiger partial charge on any atom is -0.507 e. The SMILES string of the molecule is O=C(COc1ccc(C(=O)c2ccccc2)c(O)c1)NNc1ccccc1. The number of anilines is 1. The summed E-state index contributed by atoms with van der Waals surface area (Å²) in [6.07, 6.45) is 0. The molecule has 0 bridgehead atoms. The van der Waals surface area contributed by atoms with Crippen LogP contribution in [0, 0.1) is 0 Å². The monoisotopic (exact) mass is 362 g/mol. The molecule has 0 aliphatic carbocycles. The third-order valence-electron chi connectivity index (χ3n) is 3.74. The normalized spacial score (nSPS) is 10.1. The number of amides is 1. The lowest BCUT2D eigenvalue weighted by Gasteiger charge is -2.10. The average Bonchev–Trinajstić information content (AvgIpc) is 2.72. The first kappa shape index (κ1) is 18.0. The van der Waals surface area contributed by atoms with Crippen molar-refractivity contribution in [1.29, 1.82) is 0 Å². The van der Waals surface area contributed by atoms with Crippen molar-refractivity contribution in [2.45, 2.75) is 0 Å². The Kier molecular flexibility index (Phi) is 5.69. The molecule has 0 aliphatic rings. The largest absolute Gasteiger partial charge is 0.507 e. The summed E-state index contributed by atoms with van der Waals surface area (Å²) >= 11 is 0. The minimum atomic E-state index is -0.386. The first-order valence-electron chi connectivity index (χ1n) is 8.29. The highest BCUT2D eigenvalue weighted by Crippen LogP contribution is 2.25. The fraction of sp³-hybridized carbons (Fsp3) is 0.0476. The molecule has 136 valence electrons. The lowest BCUT2D eigenvalue weighted by atomic mass is 10.0. The maximum Gasteiger partial charge on any atom is 0.276 e. The molecule has 0 unspecified atom stereocenters. The number of ether oxygens (including phenoxy) is 1. The predicted octanol–water partition coefficient (Wildman–Crippen LogP) is 3.15. The van der Waals surface area contributed by atoms with E-state index in [0.29, 0.717) is 5.56 Å². The third-order valence-corrected chi connectivity index (χ3v) is 3.74. The number of aromatic hydroxyl groups is 1. The molecule has 3 aromatic carbocycles. The zero-order chi connectivity index (χ0) is 19.1. The van der Waals surface area contributed by atoms with E-state index in [-0.39, 0.29) is 35.4 Å². The highest BCUT2D eigenvalue weighted by molar-refractivity contribution is 6.10. The van der Waals surface area contributed by atoms with E-state index in [1.54, 1.807) is 24.3 Å². The summed E-state index contributed by atoms with van der Waals surface area (Å²) in [5.74, 6) is -0.594. The van der Waals surface area contributed by atoms with Crippen molar-refractivity contribution >= 4 is 17.4 Å². The van der Waals surface area contributed by atoms with Crippen molar-refractivity contribution in [2.24, 2.45) is 0 Å². The van der Waals surface area contributed by atoms with E-state index in [1.165, 1.54) is 18.2 Å². The Morgan fingerprint density at radius 1 is 0.889 bits per heavy atom. The van der Waals surface area contributed by atoms with Crippen LogP contribution in [0.15, 0.2) is 78.9 Å². The number of hydrazine groups is 1. The fourth-order valence-electron chi connectivity index (χ4n) is 2.39. The van der Waals surface area contributed by atoms with Crippen LogP contribution in [0.3, 0.4) is 0 Å². The average molecular weight is 362 g/mol. The van der Waals surface area contributed by atoms with E-state index >= 15 is 0 Å². The molecule has 6 nitrogen and oxygen atoms in total. The second-order valence-electron chi connectivity index (χ2n) is 5.70. The first-order valence-corrected chi connectivity index (χ1v) is 8.29. The Balaban J connectivity index is 1.56. The number of ketones is 1. The third kappa shape index (κ3) is 4.85. The number of para-hydroxylation sites is 1. The van der Waals surface area contributed by atoms with Crippen LogP contribution in [0.4, 0.5) is 5.69 Å². The van der Waals surface area contributed by atoms with Crippen LogP contribution < -0.4 is 15.6 Å². The molecule has 0 fully saturated rings. The standard InChI is InChI=1S/C21H18N2O4/c24-19-13-17(11-12-18(19)21(26)15-7-3-1-4-8-15)27-14-20(25)23-22-16-9-5-2-6-10-16/h1-13,22,24H,14H2,(H,23,25). The van der Waals surface area contributed by atoms with Crippen LogP contribution in [-0.4, -0.2) is 23.4 Å². The van der Waals surface area contributed by atoms with Gasteiger partial charge in [0.15, 0.2) is 12.4 Å². The van der Waals surface area contributed by atoms with Gasteiger partial charge in [-0.15, -0.1) is 0 Å². The molecule has 0 heterocycles. The molecule has 1 amide bonds. The number of carbonyl (C=O) groups is 2. The Hall–Kier alpha value is -3.80. The fourth-order valence-corrected chi connectivity index (χ4v) is 2.39. The van der Waals surface area contributed by atoms with Crippen LogP contribution >= 0.6 is 0 Å². The maximum atomic E-state index is 12.4. The van der Waals surface area contributed by atoms with Crippen LogP contribution in [0.2, 0.25) is 0 Å². The molecule has 3 N–H and O–H groups in total. The van der Waals surface area contributed by atoms with Gasteiger partial charge in [0.2, 0.25) is 0 Å².